The Kier molecular flexibility index (Phi) is 6.19. The van der Waals surface area contributed by atoms with Crippen LogP contribution in [-0.4, -0.2) is 89.0 Å². The zero-order chi connectivity index (χ0) is 25.4. The summed E-state index contributed by atoms with van der Waals surface area (Å²) in [6.07, 6.45) is 3.81. The van der Waals surface area contributed by atoms with Crippen LogP contribution in [0, 0.1) is 0 Å². The SMILES string of the molecule is CCNC(=O)N1CCC2(CCn3nc(-c4cnc5ccc(OCC(=O)N6CCOCC6)cc5c4)cc32)C1. The summed E-state index contributed by atoms with van der Waals surface area (Å²) >= 11 is 0. The van der Waals surface area contributed by atoms with E-state index in [-0.39, 0.29) is 24.0 Å². The summed E-state index contributed by atoms with van der Waals surface area (Å²) in [5.74, 6) is 0.602. The number of morpholine rings is 1. The fourth-order valence-corrected chi connectivity index (χ4v) is 5.71. The molecule has 1 aromatic carbocycles. The van der Waals surface area contributed by atoms with Gasteiger partial charge in [-0.1, -0.05) is 0 Å². The molecule has 1 atom stereocenters. The smallest absolute Gasteiger partial charge is 0.317 e. The van der Waals surface area contributed by atoms with Crippen molar-refractivity contribution in [2.45, 2.75) is 31.7 Å². The van der Waals surface area contributed by atoms with Crippen molar-refractivity contribution in [1.82, 2.24) is 29.9 Å². The second-order valence-corrected chi connectivity index (χ2v) is 10.0. The lowest BCUT2D eigenvalue weighted by Gasteiger charge is -2.26. The second kappa shape index (κ2) is 9.66. The molecule has 0 radical (unpaired) electrons. The first kappa shape index (κ1) is 23.7. The first-order valence-corrected chi connectivity index (χ1v) is 13.0. The van der Waals surface area contributed by atoms with Crippen molar-refractivity contribution >= 4 is 22.8 Å². The molecule has 1 spiro atoms. The van der Waals surface area contributed by atoms with Crippen molar-refractivity contribution in [3.63, 3.8) is 0 Å². The highest BCUT2D eigenvalue weighted by Crippen LogP contribution is 2.43. The standard InChI is InChI=1S/C27H32N6O4/c1-2-28-26(35)32-7-5-27(18-32)6-8-33-24(27)15-23(30-33)20-13-19-14-21(3-4-22(19)29-16-20)37-17-25(34)31-9-11-36-12-10-31/h3-4,13-16H,2,5-12,17-18H2,1H3,(H,28,35). The van der Waals surface area contributed by atoms with Crippen LogP contribution in [0.25, 0.3) is 22.2 Å². The van der Waals surface area contributed by atoms with Gasteiger partial charge in [-0.2, -0.15) is 5.10 Å². The average molecular weight is 505 g/mol. The van der Waals surface area contributed by atoms with E-state index in [2.05, 4.69) is 27.1 Å². The van der Waals surface area contributed by atoms with Crippen LogP contribution in [0.1, 0.15) is 25.5 Å². The van der Waals surface area contributed by atoms with E-state index in [1.807, 2.05) is 36.2 Å². The minimum Gasteiger partial charge on any atom is -0.484 e. The van der Waals surface area contributed by atoms with Gasteiger partial charge in [-0.15, -0.1) is 0 Å². The Morgan fingerprint density at radius 1 is 1.08 bits per heavy atom. The first-order valence-electron chi connectivity index (χ1n) is 13.0. The Bertz CT molecular complexity index is 1330. The van der Waals surface area contributed by atoms with Gasteiger partial charge in [0, 0.05) is 67.5 Å². The Labute approximate surface area is 215 Å². The van der Waals surface area contributed by atoms with Crippen LogP contribution in [0.5, 0.6) is 5.75 Å². The van der Waals surface area contributed by atoms with Gasteiger partial charge >= 0.3 is 6.03 Å². The number of aromatic nitrogens is 3. The number of rotatable bonds is 5. The lowest BCUT2D eigenvalue weighted by molar-refractivity contribution is -0.137. The van der Waals surface area contributed by atoms with E-state index in [9.17, 15) is 9.59 Å². The second-order valence-electron chi connectivity index (χ2n) is 10.0. The highest BCUT2D eigenvalue weighted by Gasteiger charge is 2.46. The van der Waals surface area contributed by atoms with Crippen LogP contribution in [0.3, 0.4) is 0 Å². The Morgan fingerprint density at radius 2 is 1.92 bits per heavy atom. The zero-order valence-electron chi connectivity index (χ0n) is 21.1. The summed E-state index contributed by atoms with van der Waals surface area (Å²) in [5.41, 5.74) is 3.84. The quantitative estimate of drug-likeness (QED) is 0.573. The molecule has 5 heterocycles. The largest absolute Gasteiger partial charge is 0.484 e. The Balaban J connectivity index is 1.19. The summed E-state index contributed by atoms with van der Waals surface area (Å²) in [6.45, 7) is 7.28. The number of aryl methyl sites for hydroxylation is 1. The summed E-state index contributed by atoms with van der Waals surface area (Å²) in [6, 6.07) is 9.92. The molecule has 10 heteroatoms. The van der Waals surface area contributed by atoms with Crippen molar-refractivity contribution in [3.05, 3.63) is 42.2 Å². The van der Waals surface area contributed by atoms with Gasteiger partial charge in [-0.25, -0.2) is 4.79 Å². The molecule has 0 aliphatic carbocycles. The fourth-order valence-electron chi connectivity index (χ4n) is 5.71. The van der Waals surface area contributed by atoms with Crippen LogP contribution < -0.4 is 10.1 Å². The molecule has 0 saturated carbocycles. The molecule has 3 aliphatic rings. The van der Waals surface area contributed by atoms with Crippen molar-refractivity contribution < 1.29 is 19.1 Å². The molecule has 3 aromatic rings. The van der Waals surface area contributed by atoms with Crippen LogP contribution in [0.2, 0.25) is 0 Å². The van der Waals surface area contributed by atoms with Crippen molar-refractivity contribution in [2.24, 2.45) is 0 Å². The number of amides is 3. The summed E-state index contributed by atoms with van der Waals surface area (Å²) in [7, 11) is 0. The number of likely N-dealkylation sites (tertiary alicyclic amines) is 1. The Morgan fingerprint density at radius 3 is 2.76 bits per heavy atom. The van der Waals surface area contributed by atoms with Crippen LogP contribution in [-0.2, 0) is 21.5 Å². The van der Waals surface area contributed by atoms with Crippen LogP contribution >= 0.6 is 0 Å². The summed E-state index contributed by atoms with van der Waals surface area (Å²) in [4.78, 5) is 33.2. The van der Waals surface area contributed by atoms with E-state index in [0.29, 0.717) is 38.6 Å². The predicted octanol–water partition coefficient (Wildman–Crippen LogP) is 2.41. The molecule has 3 amide bonds. The molecule has 2 fully saturated rings. The van der Waals surface area contributed by atoms with Gasteiger partial charge in [0.1, 0.15) is 5.75 Å². The average Bonchev–Trinajstić information content (AvgIpc) is 3.64. The molecule has 6 rings (SSSR count). The normalized spacial score (nSPS) is 21.0. The lowest BCUT2D eigenvalue weighted by Crippen LogP contribution is -2.42. The number of urea groups is 1. The maximum atomic E-state index is 12.4. The highest BCUT2D eigenvalue weighted by molar-refractivity contribution is 5.84. The predicted molar refractivity (Wildman–Crippen MR) is 137 cm³/mol. The zero-order valence-corrected chi connectivity index (χ0v) is 21.1. The molecule has 2 saturated heterocycles. The van der Waals surface area contributed by atoms with Crippen molar-refractivity contribution in [2.75, 3.05) is 52.5 Å². The number of nitrogens with zero attached hydrogens (tertiary/aromatic N) is 5. The molecule has 2 aromatic heterocycles. The van der Waals surface area contributed by atoms with Gasteiger partial charge in [0.25, 0.3) is 5.91 Å². The molecular formula is C27H32N6O4. The lowest BCUT2D eigenvalue weighted by atomic mass is 9.82. The molecule has 0 bridgehead atoms. The number of benzene rings is 1. The maximum absolute atomic E-state index is 12.4. The van der Waals surface area contributed by atoms with Crippen LogP contribution in [0.15, 0.2) is 36.5 Å². The van der Waals surface area contributed by atoms with Gasteiger partial charge in [-0.3, -0.25) is 14.5 Å². The molecule has 37 heavy (non-hydrogen) atoms. The first-order chi connectivity index (χ1) is 18.0. The number of pyridine rings is 1. The number of carbonyl (C=O) groups is 2. The molecule has 1 unspecified atom stereocenters. The molecular weight excluding hydrogens is 472 g/mol. The molecule has 194 valence electrons. The highest BCUT2D eigenvalue weighted by atomic mass is 16.5. The number of nitrogens with one attached hydrogen (secondary N) is 1. The van der Waals surface area contributed by atoms with Gasteiger partial charge in [0.15, 0.2) is 6.61 Å². The van der Waals surface area contributed by atoms with Crippen molar-refractivity contribution in [1.29, 1.82) is 0 Å². The third kappa shape index (κ3) is 4.50. The number of carbonyl (C=O) groups excluding carboxylic acids is 2. The van der Waals surface area contributed by atoms with E-state index >= 15 is 0 Å². The topological polar surface area (TPSA) is 102 Å². The number of hydrogen-bond donors (Lipinski definition) is 1. The van der Waals surface area contributed by atoms with E-state index in [0.717, 1.165) is 54.6 Å². The van der Waals surface area contributed by atoms with Gasteiger partial charge < -0.3 is 24.6 Å². The third-order valence-corrected chi connectivity index (χ3v) is 7.77. The third-order valence-electron chi connectivity index (χ3n) is 7.77. The van der Waals surface area contributed by atoms with Gasteiger partial charge in [0.2, 0.25) is 0 Å². The minimum absolute atomic E-state index is 0.00176. The molecule has 3 aliphatic heterocycles. The minimum atomic E-state index is -0.0331. The van der Waals surface area contributed by atoms with Gasteiger partial charge in [-0.05, 0) is 50.1 Å². The maximum Gasteiger partial charge on any atom is 0.317 e. The number of fused-ring (bicyclic) bond motifs is 3. The summed E-state index contributed by atoms with van der Waals surface area (Å²) in [5, 5.41) is 8.75. The van der Waals surface area contributed by atoms with E-state index < -0.39 is 0 Å². The molecule has 1 N–H and O–H groups in total. The van der Waals surface area contributed by atoms with Crippen molar-refractivity contribution in [3.8, 4) is 17.0 Å². The Hall–Kier alpha value is -3.66. The fraction of sp³-hybridized carbons (Fsp3) is 0.481. The number of ether oxygens (including phenoxy) is 2. The molecule has 10 nitrogen and oxygen atoms in total. The number of hydrogen-bond acceptors (Lipinski definition) is 6. The summed E-state index contributed by atoms with van der Waals surface area (Å²) < 4.78 is 13.2. The van der Waals surface area contributed by atoms with E-state index in [1.54, 1.807) is 4.90 Å². The van der Waals surface area contributed by atoms with Gasteiger partial charge in [0.05, 0.1) is 24.4 Å². The monoisotopic (exact) mass is 504 g/mol. The van der Waals surface area contributed by atoms with E-state index in [1.165, 1.54) is 5.69 Å². The van der Waals surface area contributed by atoms with E-state index in [4.69, 9.17) is 14.6 Å². The van der Waals surface area contributed by atoms with Crippen LogP contribution in [0.4, 0.5) is 4.79 Å².